The van der Waals surface area contributed by atoms with E-state index >= 15 is 0 Å². The summed E-state index contributed by atoms with van der Waals surface area (Å²) in [4.78, 5) is 0. The molecule has 2 nitrogen and oxygen atoms in total. The molecule has 0 fully saturated rings. The molecular formula is C15H14BrF3N2. The lowest BCUT2D eigenvalue weighted by molar-refractivity contribution is -0.137. The summed E-state index contributed by atoms with van der Waals surface area (Å²) in [7, 11) is 0. The van der Waals surface area contributed by atoms with E-state index in [-0.39, 0.29) is 0 Å². The zero-order chi connectivity index (χ0) is 15.6. The Morgan fingerprint density at radius 2 is 1.86 bits per heavy atom. The third-order valence-corrected chi connectivity index (χ3v) is 3.76. The predicted molar refractivity (Wildman–Crippen MR) is 79.5 cm³/mol. The Morgan fingerprint density at radius 1 is 1.14 bits per heavy atom. The Bertz CT molecular complexity index is 641. The second-order valence-electron chi connectivity index (χ2n) is 4.72. The van der Waals surface area contributed by atoms with Crippen molar-refractivity contribution in [2.45, 2.75) is 19.1 Å². The fourth-order valence-electron chi connectivity index (χ4n) is 2.18. The summed E-state index contributed by atoms with van der Waals surface area (Å²) in [6.07, 6.45) is -4.37. The average molecular weight is 359 g/mol. The summed E-state index contributed by atoms with van der Waals surface area (Å²) in [5, 5.41) is 0. The van der Waals surface area contributed by atoms with Crippen LogP contribution in [0.1, 0.15) is 28.3 Å². The van der Waals surface area contributed by atoms with E-state index in [1.807, 2.05) is 25.1 Å². The number of alkyl halides is 3. The molecule has 2 rings (SSSR count). The normalized spacial score (nSPS) is 13.2. The molecule has 3 N–H and O–H groups in total. The third-order valence-electron chi connectivity index (χ3n) is 3.27. The Morgan fingerprint density at radius 3 is 2.48 bits per heavy atom. The van der Waals surface area contributed by atoms with Gasteiger partial charge in [-0.25, -0.2) is 5.43 Å². The van der Waals surface area contributed by atoms with Crippen molar-refractivity contribution in [2.75, 3.05) is 0 Å². The van der Waals surface area contributed by atoms with Crippen molar-refractivity contribution in [3.05, 3.63) is 69.2 Å². The molecule has 0 radical (unpaired) electrons. The summed E-state index contributed by atoms with van der Waals surface area (Å²) in [5.41, 5.74) is 4.14. The molecular weight excluding hydrogens is 345 g/mol. The Balaban J connectivity index is 2.49. The lowest BCUT2D eigenvalue weighted by Gasteiger charge is -2.20. The standard InChI is InChI=1S/C15H14BrF3N2/c1-9-5-6-12(16)8-13(9)14(21-20)10-3-2-4-11(7-10)15(17,18)19/h2-8,14,21H,20H2,1H3. The zero-order valence-corrected chi connectivity index (χ0v) is 12.8. The zero-order valence-electron chi connectivity index (χ0n) is 11.2. The topological polar surface area (TPSA) is 38.0 Å². The number of halogens is 4. The molecule has 21 heavy (non-hydrogen) atoms. The highest BCUT2D eigenvalue weighted by molar-refractivity contribution is 9.10. The molecule has 0 amide bonds. The first-order chi connectivity index (χ1) is 9.82. The largest absolute Gasteiger partial charge is 0.416 e. The molecule has 0 saturated carbocycles. The number of hydrogen-bond acceptors (Lipinski definition) is 2. The van der Waals surface area contributed by atoms with E-state index in [1.165, 1.54) is 6.07 Å². The summed E-state index contributed by atoms with van der Waals surface area (Å²) in [6.45, 7) is 1.89. The van der Waals surface area contributed by atoms with E-state index in [2.05, 4.69) is 21.4 Å². The average Bonchev–Trinajstić information content (AvgIpc) is 2.43. The molecule has 0 aliphatic carbocycles. The van der Waals surface area contributed by atoms with E-state index in [0.717, 1.165) is 27.7 Å². The lowest BCUT2D eigenvalue weighted by Crippen LogP contribution is -2.29. The fourth-order valence-corrected chi connectivity index (χ4v) is 2.56. The van der Waals surface area contributed by atoms with Crippen molar-refractivity contribution in [2.24, 2.45) is 5.84 Å². The van der Waals surface area contributed by atoms with Gasteiger partial charge in [-0.15, -0.1) is 0 Å². The first-order valence-electron chi connectivity index (χ1n) is 6.22. The SMILES string of the molecule is Cc1ccc(Br)cc1C(NN)c1cccc(C(F)(F)F)c1. The number of hydrogen-bond donors (Lipinski definition) is 2. The van der Waals surface area contributed by atoms with Crippen molar-refractivity contribution in [1.29, 1.82) is 0 Å². The fraction of sp³-hybridized carbons (Fsp3) is 0.200. The van der Waals surface area contributed by atoms with Crippen LogP contribution in [0.25, 0.3) is 0 Å². The molecule has 0 bridgehead atoms. The van der Waals surface area contributed by atoms with Gasteiger partial charge in [0.1, 0.15) is 0 Å². The maximum absolute atomic E-state index is 12.8. The molecule has 1 atom stereocenters. The molecule has 0 saturated heterocycles. The van der Waals surface area contributed by atoms with E-state index in [4.69, 9.17) is 5.84 Å². The highest BCUT2D eigenvalue weighted by atomic mass is 79.9. The van der Waals surface area contributed by atoms with Gasteiger partial charge in [-0.05, 0) is 47.9 Å². The molecule has 0 aromatic heterocycles. The molecule has 1 unspecified atom stereocenters. The van der Waals surface area contributed by atoms with E-state index in [0.29, 0.717) is 5.56 Å². The maximum atomic E-state index is 12.8. The minimum Gasteiger partial charge on any atom is -0.271 e. The van der Waals surface area contributed by atoms with Gasteiger partial charge in [0.05, 0.1) is 11.6 Å². The van der Waals surface area contributed by atoms with Crippen molar-refractivity contribution >= 4 is 15.9 Å². The minimum absolute atomic E-state index is 0.466. The van der Waals surface area contributed by atoms with Gasteiger partial charge in [0.25, 0.3) is 0 Å². The highest BCUT2D eigenvalue weighted by Crippen LogP contribution is 2.33. The van der Waals surface area contributed by atoms with Gasteiger partial charge in [-0.2, -0.15) is 13.2 Å². The van der Waals surface area contributed by atoms with Gasteiger partial charge in [-0.1, -0.05) is 34.1 Å². The number of nitrogens with one attached hydrogen (secondary N) is 1. The molecule has 0 aliphatic rings. The van der Waals surface area contributed by atoms with Gasteiger partial charge in [0.2, 0.25) is 0 Å². The molecule has 0 aliphatic heterocycles. The van der Waals surface area contributed by atoms with Crippen LogP contribution in [-0.2, 0) is 6.18 Å². The summed E-state index contributed by atoms with van der Waals surface area (Å²) in [5.74, 6) is 5.57. The van der Waals surface area contributed by atoms with E-state index < -0.39 is 17.8 Å². The smallest absolute Gasteiger partial charge is 0.271 e. The first-order valence-corrected chi connectivity index (χ1v) is 7.01. The minimum atomic E-state index is -4.37. The van der Waals surface area contributed by atoms with Gasteiger partial charge in [-0.3, -0.25) is 5.84 Å². The molecule has 0 heterocycles. The number of aryl methyl sites for hydroxylation is 1. The highest BCUT2D eigenvalue weighted by Gasteiger charge is 2.31. The first kappa shape index (κ1) is 16.0. The van der Waals surface area contributed by atoms with Crippen LogP contribution in [0.15, 0.2) is 46.9 Å². The second-order valence-corrected chi connectivity index (χ2v) is 5.64. The Hall–Kier alpha value is -1.37. The Labute approximate surface area is 129 Å². The van der Waals surface area contributed by atoms with Gasteiger partial charge < -0.3 is 0 Å². The number of hydrazine groups is 1. The molecule has 2 aromatic rings. The van der Waals surface area contributed by atoms with Crippen LogP contribution >= 0.6 is 15.9 Å². The van der Waals surface area contributed by atoms with Crippen LogP contribution in [0, 0.1) is 6.92 Å². The molecule has 6 heteroatoms. The summed E-state index contributed by atoms with van der Waals surface area (Å²) in [6, 6.07) is 10.3. The number of nitrogens with two attached hydrogens (primary N) is 1. The van der Waals surface area contributed by atoms with Gasteiger partial charge in [0, 0.05) is 4.47 Å². The van der Waals surface area contributed by atoms with E-state index in [1.54, 1.807) is 6.07 Å². The Kier molecular flexibility index (Phi) is 4.70. The summed E-state index contributed by atoms with van der Waals surface area (Å²) < 4.78 is 39.3. The second kappa shape index (κ2) is 6.17. The molecule has 2 aromatic carbocycles. The molecule has 112 valence electrons. The lowest BCUT2D eigenvalue weighted by atomic mass is 9.94. The van der Waals surface area contributed by atoms with Crippen molar-refractivity contribution < 1.29 is 13.2 Å². The monoisotopic (exact) mass is 358 g/mol. The van der Waals surface area contributed by atoms with Crippen LogP contribution in [0.4, 0.5) is 13.2 Å². The van der Waals surface area contributed by atoms with Gasteiger partial charge in [0.15, 0.2) is 0 Å². The van der Waals surface area contributed by atoms with Crippen LogP contribution < -0.4 is 11.3 Å². The quantitative estimate of drug-likeness (QED) is 0.633. The number of benzene rings is 2. The van der Waals surface area contributed by atoms with Crippen LogP contribution in [0.3, 0.4) is 0 Å². The number of rotatable bonds is 3. The maximum Gasteiger partial charge on any atom is 0.416 e. The van der Waals surface area contributed by atoms with Crippen molar-refractivity contribution in [3.8, 4) is 0 Å². The molecule has 0 spiro atoms. The van der Waals surface area contributed by atoms with Crippen LogP contribution in [0.2, 0.25) is 0 Å². The predicted octanol–water partition coefficient (Wildman–Crippen LogP) is 4.33. The van der Waals surface area contributed by atoms with E-state index in [9.17, 15) is 13.2 Å². The third kappa shape index (κ3) is 3.64. The van der Waals surface area contributed by atoms with Crippen LogP contribution in [-0.4, -0.2) is 0 Å². The van der Waals surface area contributed by atoms with Crippen molar-refractivity contribution in [1.82, 2.24) is 5.43 Å². The van der Waals surface area contributed by atoms with Crippen LogP contribution in [0.5, 0.6) is 0 Å². The van der Waals surface area contributed by atoms with Gasteiger partial charge >= 0.3 is 6.18 Å². The van der Waals surface area contributed by atoms with Crippen molar-refractivity contribution in [3.63, 3.8) is 0 Å². The summed E-state index contributed by atoms with van der Waals surface area (Å²) >= 11 is 3.36.